The Bertz CT molecular complexity index is 439. The zero-order chi connectivity index (χ0) is 23.4. The van der Waals surface area contributed by atoms with Crippen LogP contribution in [0.2, 0.25) is 0 Å². The van der Waals surface area contributed by atoms with E-state index in [1.165, 1.54) is 55.4 Å². The fraction of sp³-hybridized carbons (Fsp3) is 0.600. The van der Waals surface area contributed by atoms with Gasteiger partial charge in [-0.3, -0.25) is 38.4 Å². The fourth-order valence-electron chi connectivity index (χ4n) is 1.40. The third-order valence-corrected chi connectivity index (χ3v) is 1.99. The second-order valence-electron chi connectivity index (χ2n) is 6.32. The summed E-state index contributed by atoms with van der Waals surface area (Å²) in [5.41, 5.74) is 0. The van der Waals surface area contributed by atoms with E-state index in [0.717, 1.165) is 0 Å². The van der Waals surface area contributed by atoms with Gasteiger partial charge in [-0.15, -0.1) is 0 Å². The second-order valence-corrected chi connectivity index (χ2v) is 6.32. The van der Waals surface area contributed by atoms with Crippen molar-refractivity contribution in [3.8, 4) is 0 Å². The van der Waals surface area contributed by atoms with E-state index < -0.39 is 0 Å². The molecule has 0 aromatic carbocycles. The van der Waals surface area contributed by atoms with Crippen LogP contribution in [0.15, 0.2) is 0 Å². The molecule has 0 heterocycles. The van der Waals surface area contributed by atoms with Gasteiger partial charge in [-0.05, 0) is 55.4 Å². The molecule has 0 rings (SSSR count). The Morgan fingerprint density at radius 2 is 0.379 bits per heavy atom. The summed E-state index contributed by atoms with van der Waals surface area (Å²) in [6.45, 7) is 11.2. The van der Waals surface area contributed by atoms with Gasteiger partial charge in [-0.2, -0.15) is 0 Å². The largest absolute Gasteiger partial charge is 4.00 e. The van der Waals surface area contributed by atoms with Gasteiger partial charge in [-0.1, -0.05) is 0 Å². The van der Waals surface area contributed by atoms with Gasteiger partial charge in [0.05, 0.1) is 25.7 Å². The maximum Gasteiger partial charge on any atom is 4.00 e. The number of Topliss-reactive ketones (excluding diaryl/α,β-unsaturated/α-hetero) is 8. The molecule has 0 spiro atoms. The van der Waals surface area contributed by atoms with Crippen molar-refractivity contribution < 1.29 is 64.6 Å². The van der Waals surface area contributed by atoms with Crippen molar-refractivity contribution in [2.75, 3.05) is 0 Å². The van der Waals surface area contributed by atoms with Gasteiger partial charge in [0.25, 0.3) is 0 Å². The molecule has 0 aromatic heterocycles. The molecule has 29 heavy (non-hydrogen) atoms. The molecule has 0 saturated heterocycles. The van der Waals surface area contributed by atoms with Gasteiger partial charge in [-0.25, -0.2) is 0 Å². The van der Waals surface area contributed by atoms with Crippen LogP contribution in [-0.4, -0.2) is 46.3 Å². The van der Waals surface area contributed by atoms with Crippen molar-refractivity contribution >= 4 is 46.3 Å². The molecule has 0 saturated carbocycles. The van der Waals surface area contributed by atoms with Crippen molar-refractivity contribution in [2.45, 2.75) is 81.1 Å². The minimum absolute atomic E-state index is 0. The second kappa shape index (κ2) is 24.3. The third kappa shape index (κ3) is 76.0. The summed E-state index contributed by atoms with van der Waals surface area (Å²) in [6.07, 6.45) is 0.333. The van der Waals surface area contributed by atoms with Gasteiger partial charge in [0, 0.05) is 0 Å². The van der Waals surface area contributed by atoms with Crippen molar-refractivity contribution in [1.29, 1.82) is 0 Å². The molecular weight excluding hydrogens is 459 g/mol. The summed E-state index contributed by atoms with van der Waals surface area (Å²) in [4.78, 5) is 80.3. The first kappa shape index (κ1) is 37.9. The van der Waals surface area contributed by atoms with Crippen LogP contribution in [0.5, 0.6) is 0 Å². The van der Waals surface area contributed by atoms with Crippen molar-refractivity contribution in [1.82, 2.24) is 0 Å². The number of carbonyl (C=O) groups is 8. The van der Waals surface area contributed by atoms with Crippen LogP contribution in [0.4, 0.5) is 0 Å². The standard InChI is InChI=1S/4C5H8O2.Zr/c4*1-4(6)3-5(2)7;/h4*3H2,1-2H3;/q;;;;+4. The predicted molar refractivity (Wildman–Crippen MR) is 104 cm³/mol. The molecule has 0 aliphatic heterocycles. The first-order valence-electron chi connectivity index (χ1n) is 8.46. The number of rotatable bonds is 8. The minimum Gasteiger partial charge on any atom is -0.300 e. The quantitative estimate of drug-likeness (QED) is 0.471. The molecule has 0 atom stereocenters. The number of hydrogen-bond acceptors (Lipinski definition) is 8. The molecule has 0 aliphatic rings. The minimum atomic E-state index is -0.0625. The topological polar surface area (TPSA) is 137 Å². The van der Waals surface area contributed by atoms with Gasteiger partial charge in [0.2, 0.25) is 0 Å². The Morgan fingerprint density at radius 3 is 0.379 bits per heavy atom. The Kier molecular flexibility index (Phi) is 31.8. The van der Waals surface area contributed by atoms with Crippen molar-refractivity contribution in [2.24, 2.45) is 0 Å². The average molecular weight is 492 g/mol. The SMILES string of the molecule is CC(=O)CC(C)=O.CC(=O)CC(C)=O.CC(=O)CC(C)=O.CC(=O)CC(C)=O.[Zr+4]. The van der Waals surface area contributed by atoms with Crippen LogP contribution < -0.4 is 0 Å². The van der Waals surface area contributed by atoms with Crippen LogP contribution in [0, 0.1) is 0 Å². The molecular formula is C20H32O8Zr+4. The van der Waals surface area contributed by atoms with Crippen molar-refractivity contribution in [3.63, 3.8) is 0 Å². The van der Waals surface area contributed by atoms with Crippen LogP contribution in [-0.2, 0) is 64.6 Å². The van der Waals surface area contributed by atoms with E-state index >= 15 is 0 Å². The zero-order valence-electron chi connectivity index (χ0n) is 18.6. The third-order valence-electron chi connectivity index (χ3n) is 1.99. The summed E-state index contributed by atoms with van der Waals surface area (Å²) < 4.78 is 0. The van der Waals surface area contributed by atoms with E-state index in [9.17, 15) is 38.4 Å². The predicted octanol–water partition coefficient (Wildman–Crippen LogP) is 2.22. The van der Waals surface area contributed by atoms with E-state index in [1.807, 2.05) is 0 Å². The van der Waals surface area contributed by atoms with Gasteiger partial charge < -0.3 is 0 Å². The smallest absolute Gasteiger partial charge is 0.300 e. The van der Waals surface area contributed by atoms with Crippen LogP contribution in [0.3, 0.4) is 0 Å². The van der Waals surface area contributed by atoms with Gasteiger partial charge in [0.1, 0.15) is 46.3 Å². The number of carbonyl (C=O) groups excluding carboxylic acids is 8. The molecule has 9 heteroatoms. The molecule has 160 valence electrons. The summed E-state index contributed by atoms with van der Waals surface area (Å²) in [5.74, 6) is -0.500. The molecule has 0 aliphatic carbocycles. The maximum atomic E-state index is 10.0. The van der Waals surface area contributed by atoms with E-state index in [2.05, 4.69) is 0 Å². The average Bonchev–Trinajstić information content (AvgIpc) is 2.32. The number of ketones is 8. The molecule has 0 fully saturated rings. The van der Waals surface area contributed by atoms with Crippen LogP contribution >= 0.6 is 0 Å². The van der Waals surface area contributed by atoms with E-state index in [0.29, 0.717) is 0 Å². The summed E-state index contributed by atoms with van der Waals surface area (Å²) >= 11 is 0. The zero-order valence-corrected chi connectivity index (χ0v) is 21.1. The molecule has 0 N–H and O–H groups in total. The summed E-state index contributed by atoms with van der Waals surface area (Å²) in [5, 5.41) is 0. The Morgan fingerprint density at radius 1 is 0.310 bits per heavy atom. The first-order chi connectivity index (χ1) is 12.5. The first-order valence-corrected chi connectivity index (χ1v) is 8.46. The van der Waals surface area contributed by atoms with Crippen LogP contribution in [0.25, 0.3) is 0 Å². The van der Waals surface area contributed by atoms with E-state index in [4.69, 9.17) is 0 Å². The molecule has 0 aromatic rings. The molecule has 8 nitrogen and oxygen atoms in total. The normalized spacial score (nSPS) is 8.00. The summed E-state index contributed by atoms with van der Waals surface area (Å²) in [7, 11) is 0. The molecule has 0 bridgehead atoms. The number of hydrogen-bond donors (Lipinski definition) is 0. The molecule has 0 unspecified atom stereocenters. The fourth-order valence-corrected chi connectivity index (χ4v) is 1.40. The molecule has 0 amide bonds. The van der Waals surface area contributed by atoms with Crippen LogP contribution in [0.1, 0.15) is 81.1 Å². The summed E-state index contributed by atoms with van der Waals surface area (Å²) in [6, 6.07) is 0. The van der Waals surface area contributed by atoms with Gasteiger partial charge >= 0.3 is 26.2 Å². The Balaban J connectivity index is -0.0000000873. The monoisotopic (exact) mass is 490 g/mol. The Hall–Kier alpha value is -1.76. The van der Waals surface area contributed by atoms with Crippen molar-refractivity contribution in [3.05, 3.63) is 0 Å². The molecule has 0 radical (unpaired) electrons. The Labute approximate surface area is 191 Å². The van der Waals surface area contributed by atoms with E-state index in [-0.39, 0.29) is 98.2 Å². The van der Waals surface area contributed by atoms with Gasteiger partial charge in [0.15, 0.2) is 0 Å². The van der Waals surface area contributed by atoms with E-state index in [1.54, 1.807) is 0 Å². The maximum absolute atomic E-state index is 10.0.